The molecular weight excluding hydrogens is 278 g/mol. The minimum atomic E-state index is 0.418. The number of imidazole rings is 2. The van der Waals surface area contributed by atoms with Crippen LogP contribution in [-0.2, 0) is 13.0 Å². The van der Waals surface area contributed by atoms with Gasteiger partial charge < -0.3 is 15.3 Å². The second-order valence-electron chi connectivity index (χ2n) is 5.17. The van der Waals surface area contributed by atoms with Crippen LogP contribution in [0.3, 0.4) is 0 Å². The number of nitrogens with one attached hydrogen (secondary N) is 1. The number of hydrogen-bond acceptors (Lipinski definition) is 5. The first-order valence-corrected chi connectivity index (χ1v) is 7.16. The van der Waals surface area contributed by atoms with Crippen LogP contribution in [0.1, 0.15) is 12.2 Å². The van der Waals surface area contributed by atoms with Crippen molar-refractivity contribution >= 4 is 28.0 Å². The molecule has 1 aromatic carbocycles. The maximum atomic E-state index is 5.79. The topological polar surface area (TPSA) is 98.3 Å². The van der Waals surface area contributed by atoms with Gasteiger partial charge in [-0.1, -0.05) is 12.1 Å². The Morgan fingerprint density at radius 3 is 2.95 bits per heavy atom. The average molecular weight is 293 g/mol. The molecule has 0 aliphatic heterocycles. The second kappa shape index (κ2) is 5.10. The first kappa shape index (κ1) is 12.8. The van der Waals surface area contributed by atoms with Gasteiger partial charge in [-0.25, -0.2) is 19.9 Å². The number of H-pyrrole nitrogens is 1. The predicted octanol–water partition coefficient (Wildman–Crippen LogP) is 1.92. The Morgan fingerprint density at radius 1 is 1.14 bits per heavy atom. The molecule has 4 aromatic rings. The molecule has 4 rings (SSSR count). The first-order chi connectivity index (χ1) is 10.8. The van der Waals surface area contributed by atoms with E-state index < -0.39 is 0 Å². The average Bonchev–Trinajstić information content (AvgIpc) is 3.12. The predicted molar refractivity (Wildman–Crippen MR) is 84.2 cm³/mol. The summed E-state index contributed by atoms with van der Waals surface area (Å²) in [6, 6.07) is 8.05. The van der Waals surface area contributed by atoms with E-state index in [1.165, 1.54) is 6.33 Å². The van der Waals surface area contributed by atoms with E-state index in [0.717, 1.165) is 41.9 Å². The molecule has 0 radical (unpaired) electrons. The van der Waals surface area contributed by atoms with Crippen LogP contribution in [0.2, 0.25) is 0 Å². The Morgan fingerprint density at radius 2 is 2.05 bits per heavy atom. The summed E-state index contributed by atoms with van der Waals surface area (Å²) in [5.74, 6) is 1.42. The van der Waals surface area contributed by atoms with Crippen molar-refractivity contribution < 1.29 is 0 Å². The Labute approximate surface area is 126 Å². The fourth-order valence-electron chi connectivity index (χ4n) is 2.60. The van der Waals surface area contributed by atoms with Gasteiger partial charge in [-0.2, -0.15) is 0 Å². The lowest BCUT2D eigenvalue weighted by molar-refractivity contribution is 0.642. The Kier molecular flexibility index (Phi) is 2.96. The quantitative estimate of drug-likeness (QED) is 0.599. The van der Waals surface area contributed by atoms with Crippen LogP contribution in [0.5, 0.6) is 0 Å². The van der Waals surface area contributed by atoms with Crippen molar-refractivity contribution in [1.29, 1.82) is 0 Å². The number of nitrogens with two attached hydrogens (primary N) is 1. The van der Waals surface area contributed by atoms with Crippen LogP contribution in [-0.4, -0.2) is 29.5 Å². The molecule has 0 atom stereocenters. The van der Waals surface area contributed by atoms with E-state index in [1.54, 1.807) is 6.33 Å². The van der Waals surface area contributed by atoms with Crippen molar-refractivity contribution in [3.63, 3.8) is 0 Å². The van der Waals surface area contributed by atoms with Gasteiger partial charge in [-0.3, -0.25) is 0 Å². The zero-order valence-corrected chi connectivity index (χ0v) is 11.9. The van der Waals surface area contributed by atoms with Crippen molar-refractivity contribution in [3.05, 3.63) is 42.7 Å². The molecule has 0 spiro atoms. The fourth-order valence-corrected chi connectivity index (χ4v) is 2.60. The number of rotatable bonds is 4. The minimum Gasteiger partial charge on any atom is -0.382 e. The van der Waals surface area contributed by atoms with Crippen LogP contribution in [0, 0.1) is 0 Å². The van der Waals surface area contributed by atoms with Crippen LogP contribution < -0.4 is 5.73 Å². The summed E-state index contributed by atoms with van der Waals surface area (Å²) in [6.07, 6.45) is 5.04. The summed E-state index contributed by atoms with van der Waals surface area (Å²) < 4.78 is 2.00. The highest BCUT2D eigenvalue weighted by Crippen LogP contribution is 2.15. The number of benzene rings is 1. The zero-order valence-electron chi connectivity index (χ0n) is 11.9. The first-order valence-electron chi connectivity index (χ1n) is 7.16. The molecule has 22 heavy (non-hydrogen) atoms. The number of para-hydroxylation sites is 2. The fraction of sp³-hybridized carbons (Fsp3) is 0.200. The maximum absolute atomic E-state index is 5.79. The Balaban J connectivity index is 1.49. The molecular formula is C15H15N7. The lowest BCUT2D eigenvalue weighted by Crippen LogP contribution is -2.01. The monoisotopic (exact) mass is 293 g/mol. The van der Waals surface area contributed by atoms with E-state index in [1.807, 2.05) is 28.8 Å². The number of anilines is 1. The SMILES string of the molecule is Nc1ncnc2c1ncn2CCCc1nc2ccccc2[nH]1. The van der Waals surface area contributed by atoms with E-state index in [4.69, 9.17) is 5.73 Å². The lowest BCUT2D eigenvalue weighted by Gasteiger charge is -2.02. The van der Waals surface area contributed by atoms with Crippen molar-refractivity contribution in [2.24, 2.45) is 0 Å². The Hall–Kier alpha value is -2.96. The summed E-state index contributed by atoms with van der Waals surface area (Å²) in [4.78, 5) is 20.4. The van der Waals surface area contributed by atoms with Crippen molar-refractivity contribution in [2.75, 3.05) is 5.73 Å². The highest BCUT2D eigenvalue weighted by molar-refractivity contribution is 5.81. The molecule has 0 saturated heterocycles. The molecule has 3 heterocycles. The third-order valence-corrected chi connectivity index (χ3v) is 3.68. The molecule has 0 amide bonds. The summed E-state index contributed by atoms with van der Waals surface area (Å²) in [6.45, 7) is 0.810. The molecule has 110 valence electrons. The molecule has 0 aliphatic rings. The number of aromatic nitrogens is 6. The van der Waals surface area contributed by atoms with E-state index in [2.05, 4.69) is 24.9 Å². The largest absolute Gasteiger partial charge is 0.382 e. The third-order valence-electron chi connectivity index (χ3n) is 3.68. The summed E-state index contributed by atoms with van der Waals surface area (Å²) >= 11 is 0. The van der Waals surface area contributed by atoms with Crippen LogP contribution in [0.25, 0.3) is 22.2 Å². The number of nitrogen functional groups attached to an aromatic ring is 1. The van der Waals surface area contributed by atoms with Gasteiger partial charge in [-0.15, -0.1) is 0 Å². The van der Waals surface area contributed by atoms with Crippen LogP contribution in [0.15, 0.2) is 36.9 Å². The molecule has 0 unspecified atom stereocenters. The normalized spacial score (nSPS) is 11.5. The van der Waals surface area contributed by atoms with Gasteiger partial charge in [0.15, 0.2) is 11.5 Å². The van der Waals surface area contributed by atoms with Gasteiger partial charge in [0, 0.05) is 13.0 Å². The van der Waals surface area contributed by atoms with E-state index in [0.29, 0.717) is 11.3 Å². The smallest absolute Gasteiger partial charge is 0.165 e. The number of hydrogen-bond donors (Lipinski definition) is 2. The van der Waals surface area contributed by atoms with Gasteiger partial charge in [0.25, 0.3) is 0 Å². The molecule has 3 N–H and O–H groups in total. The van der Waals surface area contributed by atoms with E-state index >= 15 is 0 Å². The van der Waals surface area contributed by atoms with Crippen LogP contribution >= 0.6 is 0 Å². The molecule has 0 fully saturated rings. The number of nitrogens with zero attached hydrogens (tertiary/aromatic N) is 5. The second-order valence-corrected chi connectivity index (χ2v) is 5.17. The number of aryl methyl sites for hydroxylation is 2. The standard InChI is InChI=1S/C15H15N7/c16-14-13-15(18-8-17-14)22(9-19-13)7-3-6-12-20-10-4-1-2-5-11(10)21-12/h1-2,4-5,8-9H,3,6-7H2,(H,20,21)(H2,16,17,18). The van der Waals surface area contributed by atoms with Gasteiger partial charge in [0.05, 0.1) is 17.4 Å². The molecule has 7 heteroatoms. The van der Waals surface area contributed by atoms with Gasteiger partial charge in [0.1, 0.15) is 17.7 Å². The minimum absolute atomic E-state index is 0.418. The Bertz CT molecular complexity index is 904. The van der Waals surface area contributed by atoms with E-state index in [-0.39, 0.29) is 0 Å². The summed E-state index contributed by atoms with van der Waals surface area (Å²) in [7, 11) is 0. The molecule has 0 aliphatic carbocycles. The number of aromatic amines is 1. The van der Waals surface area contributed by atoms with Crippen LogP contribution in [0.4, 0.5) is 5.82 Å². The van der Waals surface area contributed by atoms with Crippen molar-refractivity contribution in [3.8, 4) is 0 Å². The highest BCUT2D eigenvalue weighted by atomic mass is 15.1. The van der Waals surface area contributed by atoms with Gasteiger partial charge in [0.2, 0.25) is 0 Å². The molecule has 0 bridgehead atoms. The lowest BCUT2D eigenvalue weighted by atomic mass is 10.3. The highest BCUT2D eigenvalue weighted by Gasteiger charge is 2.08. The zero-order chi connectivity index (χ0) is 14.9. The number of fused-ring (bicyclic) bond motifs is 2. The summed E-state index contributed by atoms with van der Waals surface area (Å²) in [5.41, 5.74) is 9.30. The van der Waals surface area contributed by atoms with Gasteiger partial charge in [-0.05, 0) is 18.6 Å². The molecule has 7 nitrogen and oxygen atoms in total. The summed E-state index contributed by atoms with van der Waals surface area (Å²) in [5, 5.41) is 0. The molecule has 0 saturated carbocycles. The van der Waals surface area contributed by atoms with Crippen molar-refractivity contribution in [1.82, 2.24) is 29.5 Å². The third kappa shape index (κ3) is 2.16. The van der Waals surface area contributed by atoms with Gasteiger partial charge >= 0.3 is 0 Å². The van der Waals surface area contributed by atoms with Crippen molar-refractivity contribution in [2.45, 2.75) is 19.4 Å². The molecule has 3 aromatic heterocycles. The maximum Gasteiger partial charge on any atom is 0.165 e. The van der Waals surface area contributed by atoms with E-state index in [9.17, 15) is 0 Å².